The summed E-state index contributed by atoms with van der Waals surface area (Å²) in [6.07, 6.45) is -3.67. The van der Waals surface area contributed by atoms with Crippen molar-refractivity contribution in [1.82, 2.24) is 4.98 Å². The van der Waals surface area contributed by atoms with Crippen LogP contribution in [0.5, 0.6) is 0 Å². The molecule has 0 saturated carbocycles. The summed E-state index contributed by atoms with van der Waals surface area (Å²) in [6.45, 7) is -4.62. The molecule has 0 aliphatic rings. The summed E-state index contributed by atoms with van der Waals surface area (Å²) < 4.78 is 68.0. The van der Waals surface area contributed by atoms with E-state index in [9.17, 15) is 19.7 Å². The van der Waals surface area contributed by atoms with Gasteiger partial charge in [-0.1, -0.05) is 12.1 Å². The van der Waals surface area contributed by atoms with E-state index in [2.05, 4.69) is 4.98 Å². The van der Waals surface area contributed by atoms with Crippen molar-refractivity contribution in [3.8, 4) is 11.1 Å². The molecular formula is C21H24N2O7. The van der Waals surface area contributed by atoms with Crippen molar-refractivity contribution in [3.63, 3.8) is 0 Å². The number of pyridine rings is 1. The Balaban J connectivity index is 2.87. The van der Waals surface area contributed by atoms with Gasteiger partial charge in [-0.25, -0.2) is 9.59 Å². The first-order valence-electron chi connectivity index (χ1n) is 12.1. The summed E-state index contributed by atoms with van der Waals surface area (Å²) in [5, 5.41) is 11.4. The number of aromatic nitrogens is 1. The lowest BCUT2D eigenvalue weighted by atomic mass is 9.92. The Morgan fingerprint density at radius 3 is 2.47 bits per heavy atom. The van der Waals surface area contributed by atoms with E-state index >= 15 is 0 Å². The summed E-state index contributed by atoms with van der Waals surface area (Å²) in [5.41, 5.74) is -1.62. The Kier molecular flexibility index (Phi) is 4.84. The number of aryl methyl sites for hydroxylation is 2. The number of nitrogens with zero attached hydrogens (tertiary/aromatic N) is 2. The molecule has 0 atom stereocenters. The summed E-state index contributed by atoms with van der Waals surface area (Å²) in [5.74, 6) is -2.57. The molecule has 0 aliphatic heterocycles. The van der Waals surface area contributed by atoms with Crippen LogP contribution >= 0.6 is 0 Å². The fourth-order valence-corrected chi connectivity index (χ4v) is 2.85. The van der Waals surface area contributed by atoms with Crippen LogP contribution in [-0.4, -0.2) is 48.2 Å². The van der Waals surface area contributed by atoms with Crippen LogP contribution in [0.25, 0.3) is 11.1 Å². The minimum atomic E-state index is -3.67. The molecule has 0 spiro atoms. The monoisotopic (exact) mass is 423 g/mol. The van der Waals surface area contributed by atoms with E-state index in [0.29, 0.717) is 0 Å². The fraction of sp³-hybridized carbons (Fsp3) is 0.381. The maximum absolute atomic E-state index is 13.3. The summed E-state index contributed by atoms with van der Waals surface area (Å²) in [6, 6.07) is 4.84. The molecule has 0 radical (unpaired) electrons. The Morgan fingerprint density at radius 1 is 1.20 bits per heavy atom. The zero-order chi connectivity index (χ0) is 28.3. The molecule has 0 aliphatic carbocycles. The van der Waals surface area contributed by atoms with Gasteiger partial charge in [0.2, 0.25) is 0 Å². The second kappa shape index (κ2) is 9.93. The van der Waals surface area contributed by atoms with Crippen LogP contribution in [0.3, 0.4) is 0 Å². The molecule has 0 amide bonds. The van der Waals surface area contributed by atoms with Crippen LogP contribution in [0.15, 0.2) is 24.3 Å². The first-order chi connectivity index (χ1) is 17.0. The van der Waals surface area contributed by atoms with Crippen LogP contribution in [0.2, 0.25) is 0 Å². The van der Waals surface area contributed by atoms with E-state index in [1.807, 2.05) is 0 Å². The van der Waals surface area contributed by atoms with Gasteiger partial charge in [0.15, 0.2) is 0 Å². The minimum absolute atomic E-state index is 0.0314. The third kappa shape index (κ3) is 5.18. The van der Waals surface area contributed by atoms with Crippen molar-refractivity contribution in [2.24, 2.45) is 0 Å². The number of nitro benzene ring substituents is 1. The molecule has 0 bridgehead atoms. The van der Waals surface area contributed by atoms with Gasteiger partial charge in [-0.3, -0.25) is 15.1 Å². The zero-order valence-electron chi connectivity index (χ0n) is 23.5. The number of nitro groups is 1. The second-order valence-electron chi connectivity index (χ2n) is 6.06. The Labute approximate surface area is 184 Å². The third-order valence-corrected chi connectivity index (χ3v) is 4.03. The average molecular weight is 423 g/mol. The summed E-state index contributed by atoms with van der Waals surface area (Å²) in [7, 11) is 1.37. The molecule has 1 aromatic heterocycles. The van der Waals surface area contributed by atoms with Gasteiger partial charge < -0.3 is 14.2 Å². The summed E-state index contributed by atoms with van der Waals surface area (Å²) in [4.78, 5) is 41.2. The normalized spacial score (nSPS) is 15.4. The molecule has 160 valence electrons. The van der Waals surface area contributed by atoms with Gasteiger partial charge in [0.25, 0.3) is 5.69 Å². The van der Waals surface area contributed by atoms with Crippen molar-refractivity contribution < 1.29 is 38.3 Å². The number of ether oxygens (including phenoxy) is 3. The van der Waals surface area contributed by atoms with Gasteiger partial charge >= 0.3 is 11.9 Å². The van der Waals surface area contributed by atoms with Crippen LogP contribution in [0, 0.1) is 24.0 Å². The lowest BCUT2D eigenvalue weighted by Crippen LogP contribution is -2.20. The predicted octanol–water partition coefficient (Wildman–Crippen LogP) is 3.64. The highest BCUT2D eigenvalue weighted by Crippen LogP contribution is 2.34. The average Bonchev–Trinajstić information content (AvgIpc) is 2.76. The molecule has 0 N–H and O–H groups in total. The number of non-ortho nitro benzene ring substituents is 1. The number of esters is 2. The quantitative estimate of drug-likeness (QED) is 0.273. The zero-order valence-corrected chi connectivity index (χ0v) is 16.5. The standard InChI is InChI=1S/C21H24N2O7/c1-12(2)30-21(25)18-14(4)22-13(3)17(20(24)29-10-9-28-5)19(18)15-7-6-8-16(11-15)23(26)27/h6-8,11-12H,9-10H2,1-5H3/i1D3,2D3,12D. The highest BCUT2D eigenvalue weighted by molar-refractivity contribution is 6.07. The van der Waals surface area contributed by atoms with E-state index in [-0.39, 0.29) is 41.3 Å². The maximum atomic E-state index is 13.3. The first-order valence-corrected chi connectivity index (χ1v) is 8.61. The number of rotatable bonds is 8. The van der Waals surface area contributed by atoms with Gasteiger partial charge in [-0.2, -0.15) is 0 Å². The van der Waals surface area contributed by atoms with Gasteiger partial charge in [-0.05, 0) is 33.1 Å². The molecule has 9 heteroatoms. The second-order valence-corrected chi connectivity index (χ2v) is 6.06. The number of hydrogen-bond donors (Lipinski definition) is 0. The van der Waals surface area contributed by atoms with Crippen LogP contribution in [0.1, 0.15) is 55.4 Å². The minimum Gasteiger partial charge on any atom is -0.460 e. The topological polar surface area (TPSA) is 118 Å². The molecule has 0 fully saturated rings. The fourth-order valence-electron chi connectivity index (χ4n) is 2.85. The van der Waals surface area contributed by atoms with Crippen LogP contribution in [-0.2, 0) is 14.2 Å². The molecule has 1 heterocycles. The van der Waals surface area contributed by atoms with E-state index in [1.54, 1.807) is 0 Å². The molecule has 30 heavy (non-hydrogen) atoms. The highest BCUT2D eigenvalue weighted by Gasteiger charge is 2.29. The van der Waals surface area contributed by atoms with E-state index < -0.39 is 47.9 Å². The number of carbonyl (C=O) groups is 2. The summed E-state index contributed by atoms with van der Waals surface area (Å²) >= 11 is 0. The Hall–Kier alpha value is -3.33. The number of hydrogen-bond acceptors (Lipinski definition) is 8. The molecule has 0 unspecified atom stereocenters. The van der Waals surface area contributed by atoms with E-state index in [0.717, 1.165) is 12.1 Å². The van der Waals surface area contributed by atoms with Crippen LogP contribution in [0.4, 0.5) is 5.69 Å². The van der Waals surface area contributed by atoms with Crippen LogP contribution < -0.4 is 0 Å². The molecule has 2 rings (SSSR count). The van der Waals surface area contributed by atoms with Crippen molar-refractivity contribution in [1.29, 1.82) is 0 Å². The molecule has 9 nitrogen and oxygen atoms in total. The molecular weight excluding hydrogens is 392 g/mol. The number of carbonyl (C=O) groups excluding carboxylic acids is 2. The molecule has 0 saturated heterocycles. The van der Waals surface area contributed by atoms with Gasteiger partial charge in [0, 0.05) is 33.0 Å². The highest BCUT2D eigenvalue weighted by atomic mass is 16.6. The van der Waals surface area contributed by atoms with Crippen molar-refractivity contribution >= 4 is 17.6 Å². The largest absolute Gasteiger partial charge is 0.460 e. The Bertz CT molecular complexity index is 1200. The number of methoxy groups -OCH3 is 1. The lowest BCUT2D eigenvalue weighted by molar-refractivity contribution is -0.384. The number of benzene rings is 1. The molecule has 1 aromatic carbocycles. The smallest absolute Gasteiger partial charge is 0.340 e. The first kappa shape index (κ1) is 14.6. The maximum Gasteiger partial charge on any atom is 0.340 e. The van der Waals surface area contributed by atoms with Crippen molar-refractivity contribution in [3.05, 3.63) is 56.9 Å². The van der Waals surface area contributed by atoms with Crippen molar-refractivity contribution in [2.45, 2.75) is 33.6 Å². The third-order valence-electron chi connectivity index (χ3n) is 4.03. The van der Waals surface area contributed by atoms with Gasteiger partial charge in [0.05, 0.1) is 41.5 Å². The van der Waals surface area contributed by atoms with Crippen molar-refractivity contribution in [2.75, 3.05) is 20.3 Å². The van der Waals surface area contributed by atoms with Gasteiger partial charge in [-0.15, -0.1) is 0 Å². The Morgan fingerprint density at radius 2 is 1.87 bits per heavy atom. The predicted molar refractivity (Wildman–Crippen MR) is 109 cm³/mol. The van der Waals surface area contributed by atoms with E-state index in [4.69, 9.17) is 23.8 Å². The SMILES string of the molecule is [2H]C([2H])([2H])C([2H])(OC(=O)c1c(C)nc(C)c(C(=O)OCCOC)c1-c1cccc([N+](=O)[O-])c1)C([2H])([2H])[2H]. The lowest BCUT2D eigenvalue weighted by Gasteiger charge is -2.19. The van der Waals surface area contributed by atoms with Gasteiger partial charge in [0.1, 0.15) is 6.61 Å². The van der Waals surface area contributed by atoms with E-state index in [1.165, 1.54) is 33.1 Å². The molecule has 2 aromatic rings.